The number of rotatable bonds is 2. The molecule has 0 aromatic carbocycles. The Bertz CT molecular complexity index is 1500. The first-order chi connectivity index (χ1) is 19.9. The highest BCUT2D eigenvalue weighted by atomic mass is 16.7. The minimum Gasteiger partial charge on any atom is -0.458 e. The molecule has 6 aliphatic heterocycles. The Labute approximate surface area is 245 Å². The predicted molar refractivity (Wildman–Crippen MR) is 135 cm³/mol. The first-order valence-electron chi connectivity index (χ1n) is 14.9. The Morgan fingerprint density at radius 1 is 0.791 bits per heavy atom. The van der Waals surface area contributed by atoms with E-state index < -0.39 is 111 Å². The normalized spacial score (nSPS) is 61.3. The molecule has 10 rings (SSSR count). The van der Waals surface area contributed by atoms with Crippen molar-refractivity contribution in [3.8, 4) is 0 Å². The van der Waals surface area contributed by atoms with Gasteiger partial charge in [-0.1, -0.05) is 12.2 Å². The van der Waals surface area contributed by atoms with Crippen LogP contribution in [0.3, 0.4) is 0 Å². The van der Waals surface area contributed by atoms with Crippen molar-refractivity contribution in [1.29, 1.82) is 0 Å². The number of fused-ring (bicyclic) bond motifs is 8. The summed E-state index contributed by atoms with van der Waals surface area (Å²) in [7, 11) is 0. The average Bonchev–Trinajstić information content (AvgIpc) is 3.58. The van der Waals surface area contributed by atoms with E-state index in [2.05, 4.69) is 6.58 Å². The molecule has 43 heavy (non-hydrogen) atoms. The number of esters is 4. The summed E-state index contributed by atoms with van der Waals surface area (Å²) in [6, 6.07) is 0. The zero-order valence-corrected chi connectivity index (χ0v) is 24.3. The van der Waals surface area contributed by atoms with Gasteiger partial charge in [0.15, 0.2) is 12.2 Å². The second-order valence-electron chi connectivity index (χ2n) is 15.3. The fourth-order valence-electron chi connectivity index (χ4n) is 11.4. The van der Waals surface area contributed by atoms with Crippen LogP contribution in [0.5, 0.6) is 0 Å². The lowest BCUT2D eigenvalue weighted by Crippen LogP contribution is -2.68. The molecule has 13 nitrogen and oxygen atoms in total. The van der Waals surface area contributed by atoms with Crippen LogP contribution >= 0.6 is 0 Å². The Morgan fingerprint density at radius 2 is 1.23 bits per heavy atom. The van der Waals surface area contributed by atoms with Gasteiger partial charge in [0, 0.05) is 24.7 Å². The van der Waals surface area contributed by atoms with E-state index in [1.54, 1.807) is 27.7 Å². The summed E-state index contributed by atoms with van der Waals surface area (Å²) in [6.45, 7) is 12.5. The number of aliphatic hydroxyl groups is 3. The molecule has 5 unspecified atom stereocenters. The van der Waals surface area contributed by atoms with Crippen LogP contribution in [-0.4, -0.2) is 104 Å². The Hall–Kier alpha value is -2.58. The molecule has 0 aromatic heterocycles. The van der Waals surface area contributed by atoms with Crippen molar-refractivity contribution in [2.75, 3.05) is 0 Å². The summed E-state index contributed by atoms with van der Waals surface area (Å²) in [5.41, 5.74) is -7.49. The van der Waals surface area contributed by atoms with Crippen LogP contribution < -0.4 is 0 Å². The SMILES string of the molecule is C=C(C)[C@@H]1C2OC(=O)C1[C@]1(O)CC3O[C@]34C(=O)O[C@H]2[C@]14C.CC(C)(O)[C@@H]1C2OC(=O)C1[C@]1(O)C[C@H]3O[C@]34C(=O)O[C@H]2[C@]14C. The molecule has 10 fully saturated rings. The summed E-state index contributed by atoms with van der Waals surface area (Å²) in [6.07, 6.45) is -3.12. The highest BCUT2D eigenvalue weighted by Gasteiger charge is 2.97. The van der Waals surface area contributed by atoms with Gasteiger partial charge in [-0.25, -0.2) is 9.59 Å². The fraction of sp³-hybridized carbons (Fsp3) is 0.800. The Balaban J connectivity index is 0.000000121. The van der Waals surface area contributed by atoms with Gasteiger partial charge in [-0.15, -0.1) is 0 Å². The molecule has 6 saturated heterocycles. The topological polar surface area (TPSA) is 191 Å². The lowest BCUT2D eigenvalue weighted by atomic mass is 9.52. The fourth-order valence-corrected chi connectivity index (χ4v) is 11.4. The maximum absolute atomic E-state index is 12.4. The standard InChI is InChI=1S/C15H18O7.C15H16O6/c1-12(2,18)6-7-10(16)20-8(6)9-13(3)14(7,19)4-5-15(13,22-5)11(17)21-9;1-5(2)7-8-11(16)19-9(7)10-13(3)14(8,18)4-6-15(13,21-6)12(17)20-10/h5-9,18-19H,4H2,1-3H3;6-10,18H,1,4H2,2-3H3/t5-,6+,7?,8?,9-,13-,14-,15+;6?,7-,8?,9?,10+,13+,14+,15-/m10/s1. The minimum absolute atomic E-state index is 0.189. The molecule has 0 aromatic rings. The quantitative estimate of drug-likeness (QED) is 0.152. The molecular weight excluding hydrogens is 568 g/mol. The van der Waals surface area contributed by atoms with Gasteiger partial charge in [-0.05, 0) is 34.6 Å². The third-order valence-electron chi connectivity index (χ3n) is 13.4. The first-order valence-corrected chi connectivity index (χ1v) is 14.9. The van der Waals surface area contributed by atoms with Crippen LogP contribution in [0, 0.1) is 34.5 Å². The number of hydrogen-bond acceptors (Lipinski definition) is 13. The number of epoxide rings is 2. The highest BCUT2D eigenvalue weighted by Crippen LogP contribution is 2.78. The van der Waals surface area contributed by atoms with Crippen LogP contribution in [0.1, 0.15) is 47.5 Å². The maximum atomic E-state index is 12.4. The Morgan fingerprint density at radius 3 is 1.72 bits per heavy atom. The zero-order chi connectivity index (χ0) is 30.8. The molecule has 3 N–H and O–H groups in total. The van der Waals surface area contributed by atoms with Crippen molar-refractivity contribution >= 4 is 23.9 Å². The van der Waals surface area contributed by atoms with Gasteiger partial charge < -0.3 is 43.7 Å². The third-order valence-corrected chi connectivity index (χ3v) is 13.4. The molecule has 2 spiro atoms. The second-order valence-corrected chi connectivity index (χ2v) is 15.3. The van der Waals surface area contributed by atoms with Crippen molar-refractivity contribution < 1.29 is 62.9 Å². The van der Waals surface area contributed by atoms with Gasteiger partial charge in [-0.2, -0.15) is 0 Å². The van der Waals surface area contributed by atoms with E-state index in [-0.39, 0.29) is 24.9 Å². The summed E-state index contributed by atoms with van der Waals surface area (Å²) in [5, 5.41) is 33.3. The lowest BCUT2D eigenvalue weighted by molar-refractivity contribution is -0.223. The van der Waals surface area contributed by atoms with Gasteiger partial charge >= 0.3 is 23.9 Å². The van der Waals surface area contributed by atoms with E-state index in [0.29, 0.717) is 0 Å². The monoisotopic (exact) mass is 602 g/mol. The van der Waals surface area contributed by atoms with Crippen molar-refractivity contribution in [2.24, 2.45) is 34.5 Å². The molecule has 4 saturated carbocycles. The minimum atomic E-state index is -1.47. The van der Waals surface area contributed by atoms with Gasteiger partial charge in [0.1, 0.15) is 24.4 Å². The van der Waals surface area contributed by atoms with Crippen LogP contribution in [0.25, 0.3) is 0 Å². The van der Waals surface area contributed by atoms with Gasteiger partial charge in [0.25, 0.3) is 0 Å². The summed E-state index contributed by atoms with van der Waals surface area (Å²) in [5.74, 6) is -4.37. The zero-order valence-electron chi connectivity index (χ0n) is 24.3. The molecule has 4 bridgehead atoms. The van der Waals surface area contributed by atoms with E-state index in [4.69, 9.17) is 28.4 Å². The van der Waals surface area contributed by atoms with Crippen LogP contribution in [0.4, 0.5) is 0 Å². The molecule has 4 aliphatic carbocycles. The predicted octanol–water partition coefficient (Wildman–Crippen LogP) is -0.929. The van der Waals surface area contributed by atoms with Crippen LogP contribution in [0.15, 0.2) is 12.2 Å². The number of hydrogen-bond donors (Lipinski definition) is 3. The summed E-state index contributed by atoms with van der Waals surface area (Å²) >= 11 is 0. The second kappa shape index (κ2) is 6.81. The number of ether oxygens (including phenoxy) is 6. The smallest absolute Gasteiger partial charge is 0.342 e. The third kappa shape index (κ3) is 2.29. The van der Waals surface area contributed by atoms with E-state index in [1.807, 2.05) is 6.92 Å². The molecule has 232 valence electrons. The average molecular weight is 603 g/mol. The van der Waals surface area contributed by atoms with E-state index in [1.165, 1.54) is 0 Å². The largest absolute Gasteiger partial charge is 0.458 e. The van der Waals surface area contributed by atoms with E-state index >= 15 is 0 Å². The Kier molecular flexibility index (Phi) is 4.24. The summed E-state index contributed by atoms with van der Waals surface area (Å²) in [4.78, 5) is 49.4. The van der Waals surface area contributed by atoms with Crippen molar-refractivity contribution in [3.05, 3.63) is 12.2 Å². The van der Waals surface area contributed by atoms with Crippen molar-refractivity contribution in [3.63, 3.8) is 0 Å². The summed E-state index contributed by atoms with van der Waals surface area (Å²) < 4.78 is 33.2. The number of carbonyl (C=O) groups is 4. The molecule has 13 heteroatoms. The van der Waals surface area contributed by atoms with Crippen molar-refractivity contribution in [1.82, 2.24) is 0 Å². The molecular formula is C30H34O13. The van der Waals surface area contributed by atoms with Gasteiger partial charge in [0.05, 0.1) is 39.5 Å². The molecule has 10 aliphatic rings. The maximum Gasteiger partial charge on any atom is 0.342 e. The van der Waals surface area contributed by atoms with E-state index in [0.717, 1.165) is 5.57 Å². The molecule has 0 amide bonds. The van der Waals surface area contributed by atoms with Crippen LogP contribution in [-0.2, 0) is 47.6 Å². The molecule has 0 radical (unpaired) electrons. The van der Waals surface area contributed by atoms with E-state index in [9.17, 15) is 34.5 Å². The first kappa shape index (κ1) is 26.8. The molecule has 16 atom stereocenters. The van der Waals surface area contributed by atoms with Gasteiger partial charge in [-0.3, -0.25) is 9.59 Å². The number of carbonyl (C=O) groups excluding carboxylic acids is 4. The van der Waals surface area contributed by atoms with Crippen molar-refractivity contribution in [2.45, 2.75) is 112 Å². The lowest BCUT2D eigenvalue weighted by Gasteiger charge is -2.53. The van der Waals surface area contributed by atoms with Gasteiger partial charge in [0.2, 0.25) is 11.2 Å². The highest BCUT2D eigenvalue weighted by molar-refractivity contribution is 5.92. The molecule has 6 heterocycles. The van der Waals surface area contributed by atoms with Crippen LogP contribution in [0.2, 0.25) is 0 Å².